The largest absolute Gasteiger partial charge is 0.480 e. The lowest BCUT2D eigenvalue weighted by molar-refractivity contribution is -0.145. The Balaban J connectivity index is 2.25. The van der Waals surface area contributed by atoms with Crippen LogP contribution < -0.4 is 5.32 Å². The Bertz CT molecular complexity index is 426. The van der Waals surface area contributed by atoms with Crippen LogP contribution in [0.25, 0.3) is 0 Å². The lowest BCUT2D eigenvalue weighted by Gasteiger charge is -2.30. The maximum atomic E-state index is 11.6. The number of carboxylic acids is 1. The number of carbonyl (C=O) groups is 1. The number of hydrogen-bond acceptors (Lipinski definition) is 2. The van der Waals surface area contributed by atoms with E-state index in [0.29, 0.717) is 6.04 Å². The summed E-state index contributed by atoms with van der Waals surface area (Å²) in [5, 5.41) is 12.9. The van der Waals surface area contributed by atoms with Gasteiger partial charge in [0.25, 0.3) is 0 Å². The molecule has 1 atom stereocenters. The zero-order valence-electron chi connectivity index (χ0n) is 10.4. The van der Waals surface area contributed by atoms with Gasteiger partial charge in [0, 0.05) is 10.5 Å². The quantitative estimate of drug-likeness (QED) is 0.897. The highest BCUT2D eigenvalue weighted by molar-refractivity contribution is 9.10. The topological polar surface area (TPSA) is 49.3 Å². The van der Waals surface area contributed by atoms with Gasteiger partial charge in [0.15, 0.2) is 0 Å². The normalized spacial score (nSPS) is 19.7. The first-order chi connectivity index (χ1) is 8.52. The molecule has 1 saturated carbocycles. The van der Waals surface area contributed by atoms with Crippen molar-refractivity contribution in [3.63, 3.8) is 0 Å². The SMILES string of the molecule is CC(NC1CCCC1)(C(=O)O)c1ccc(Br)cc1. The molecule has 0 radical (unpaired) electrons. The minimum absolute atomic E-state index is 0.315. The van der Waals surface area contributed by atoms with Crippen molar-refractivity contribution in [1.29, 1.82) is 0 Å². The van der Waals surface area contributed by atoms with E-state index in [4.69, 9.17) is 0 Å². The Morgan fingerprint density at radius 2 is 1.89 bits per heavy atom. The van der Waals surface area contributed by atoms with E-state index < -0.39 is 11.5 Å². The summed E-state index contributed by atoms with van der Waals surface area (Å²) in [5.41, 5.74) is -0.208. The van der Waals surface area contributed by atoms with E-state index in [1.165, 1.54) is 12.8 Å². The monoisotopic (exact) mass is 311 g/mol. The molecule has 4 heteroatoms. The van der Waals surface area contributed by atoms with Crippen LogP contribution in [0.2, 0.25) is 0 Å². The van der Waals surface area contributed by atoms with Crippen LogP contribution in [-0.4, -0.2) is 17.1 Å². The summed E-state index contributed by atoms with van der Waals surface area (Å²) < 4.78 is 0.958. The summed E-state index contributed by atoms with van der Waals surface area (Å²) in [6.07, 6.45) is 4.51. The fourth-order valence-electron chi connectivity index (χ4n) is 2.53. The maximum absolute atomic E-state index is 11.6. The smallest absolute Gasteiger partial charge is 0.328 e. The highest BCUT2D eigenvalue weighted by Gasteiger charge is 2.37. The van der Waals surface area contributed by atoms with Crippen molar-refractivity contribution in [2.75, 3.05) is 0 Å². The standard InChI is InChI=1S/C14H18BrNO2/c1-14(13(17)18,16-12-4-2-3-5-12)10-6-8-11(15)9-7-10/h6-9,12,16H,2-5H2,1H3,(H,17,18). The van der Waals surface area contributed by atoms with Crippen LogP contribution in [0.5, 0.6) is 0 Å². The molecule has 98 valence electrons. The predicted octanol–water partition coefficient (Wildman–Crippen LogP) is 3.28. The molecule has 3 nitrogen and oxygen atoms in total. The third kappa shape index (κ3) is 2.75. The van der Waals surface area contributed by atoms with Crippen LogP contribution in [0.3, 0.4) is 0 Å². The minimum atomic E-state index is -1.00. The van der Waals surface area contributed by atoms with Gasteiger partial charge >= 0.3 is 5.97 Å². The Kier molecular flexibility index (Phi) is 4.07. The lowest BCUT2D eigenvalue weighted by atomic mass is 9.91. The molecule has 1 aromatic carbocycles. The van der Waals surface area contributed by atoms with Gasteiger partial charge in [0.1, 0.15) is 5.54 Å². The van der Waals surface area contributed by atoms with Gasteiger partial charge in [-0.3, -0.25) is 5.32 Å². The molecular weight excluding hydrogens is 294 g/mol. The van der Waals surface area contributed by atoms with Crippen LogP contribution in [0.15, 0.2) is 28.7 Å². The van der Waals surface area contributed by atoms with Crippen molar-refractivity contribution in [1.82, 2.24) is 5.32 Å². The predicted molar refractivity (Wildman–Crippen MR) is 74.5 cm³/mol. The van der Waals surface area contributed by atoms with Gasteiger partial charge in [0.2, 0.25) is 0 Å². The third-order valence-corrected chi connectivity index (χ3v) is 4.23. The molecule has 0 saturated heterocycles. The Morgan fingerprint density at radius 3 is 2.39 bits per heavy atom. The fourth-order valence-corrected chi connectivity index (χ4v) is 2.79. The zero-order valence-corrected chi connectivity index (χ0v) is 12.0. The van der Waals surface area contributed by atoms with Crippen molar-refractivity contribution in [2.24, 2.45) is 0 Å². The summed E-state index contributed by atoms with van der Waals surface area (Å²) >= 11 is 3.37. The number of carboxylic acid groups (broad SMARTS) is 1. The Labute approximate surface area is 116 Å². The van der Waals surface area contributed by atoms with Crippen molar-refractivity contribution >= 4 is 21.9 Å². The van der Waals surface area contributed by atoms with Gasteiger partial charge in [-0.25, -0.2) is 4.79 Å². The number of nitrogens with one attached hydrogen (secondary N) is 1. The van der Waals surface area contributed by atoms with E-state index in [1.807, 2.05) is 24.3 Å². The zero-order chi connectivity index (χ0) is 13.2. The van der Waals surface area contributed by atoms with Crippen molar-refractivity contribution in [3.05, 3.63) is 34.3 Å². The molecular formula is C14H18BrNO2. The second-order valence-corrected chi connectivity index (χ2v) is 5.98. The van der Waals surface area contributed by atoms with Gasteiger partial charge in [-0.15, -0.1) is 0 Å². The molecule has 1 fully saturated rings. The first-order valence-electron chi connectivity index (χ1n) is 6.29. The third-order valence-electron chi connectivity index (χ3n) is 3.70. The summed E-state index contributed by atoms with van der Waals surface area (Å²) in [4.78, 5) is 11.6. The highest BCUT2D eigenvalue weighted by Crippen LogP contribution is 2.27. The summed E-state index contributed by atoms with van der Waals surface area (Å²) in [6.45, 7) is 1.75. The van der Waals surface area contributed by atoms with E-state index in [0.717, 1.165) is 22.9 Å². The molecule has 0 bridgehead atoms. The fraction of sp³-hybridized carbons (Fsp3) is 0.500. The number of benzene rings is 1. The highest BCUT2D eigenvalue weighted by atomic mass is 79.9. The number of hydrogen-bond donors (Lipinski definition) is 2. The molecule has 0 aliphatic heterocycles. The summed E-state index contributed by atoms with van der Waals surface area (Å²) in [7, 11) is 0. The number of aliphatic carboxylic acids is 1. The lowest BCUT2D eigenvalue weighted by Crippen LogP contribution is -2.50. The van der Waals surface area contributed by atoms with Crippen molar-refractivity contribution in [3.8, 4) is 0 Å². The maximum Gasteiger partial charge on any atom is 0.328 e. The van der Waals surface area contributed by atoms with Crippen molar-refractivity contribution < 1.29 is 9.90 Å². The molecule has 1 aliphatic carbocycles. The first kappa shape index (κ1) is 13.6. The van der Waals surface area contributed by atoms with Crippen LogP contribution in [-0.2, 0) is 10.3 Å². The molecule has 0 spiro atoms. The van der Waals surface area contributed by atoms with Crippen LogP contribution in [0.1, 0.15) is 38.2 Å². The van der Waals surface area contributed by atoms with Gasteiger partial charge < -0.3 is 5.11 Å². The molecule has 2 N–H and O–H groups in total. The average molecular weight is 312 g/mol. The summed E-state index contributed by atoms with van der Waals surface area (Å²) in [6, 6.07) is 7.80. The first-order valence-corrected chi connectivity index (χ1v) is 7.09. The minimum Gasteiger partial charge on any atom is -0.480 e. The number of rotatable bonds is 4. The molecule has 1 unspecified atom stereocenters. The molecule has 2 rings (SSSR count). The van der Waals surface area contributed by atoms with E-state index >= 15 is 0 Å². The second kappa shape index (κ2) is 5.41. The van der Waals surface area contributed by atoms with Gasteiger partial charge in [-0.2, -0.15) is 0 Å². The molecule has 18 heavy (non-hydrogen) atoms. The molecule has 1 aromatic rings. The van der Waals surface area contributed by atoms with Crippen LogP contribution in [0.4, 0.5) is 0 Å². The van der Waals surface area contributed by atoms with Crippen LogP contribution >= 0.6 is 15.9 Å². The average Bonchev–Trinajstić information content (AvgIpc) is 2.82. The second-order valence-electron chi connectivity index (χ2n) is 5.06. The van der Waals surface area contributed by atoms with Gasteiger partial charge in [-0.1, -0.05) is 40.9 Å². The molecule has 0 heterocycles. The molecule has 0 aromatic heterocycles. The summed E-state index contributed by atoms with van der Waals surface area (Å²) in [5.74, 6) is -0.822. The molecule has 1 aliphatic rings. The van der Waals surface area contributed by atoms with E-state index in [1.54, 1.807) is 6.92 Å². The van der Waals surface area contributed by atoms with Crippen molar-refractivity contribution in [2.45, 2.75) is 44.2 Å². The number of halogens is 1. The van der Waals surface area contributed by atoms with Gasteiger partial charge in [0.05, 0.1) is 0 Å². The van der Waals surface area contributed by atoms with E-state index in [9.17, 15) is 9.90 Å². The Morgan fingerprint density at radius 1 is 1.33 bits per heavy atom. The van der Waals surface area contributed by atoms with Gasteiger partial charge in [-0.05, 0) is 37.5 Å². The van der Waals surface area contributed by atoms with E-state index in [2.05, 4.69) is 21.2 Å². The van der Waals surface area contributed by atoms with E-state index in [-0.39, 0.29) is 0 Å². The Hall–Kier alpha value is -0.870. The molecule has 0 amide bonds. The van der Waals surface area contributed by atoms with Crippen LogP contribution in [0, 0.1) is 0 Å².